The summed E-state index contributed by atoms with van der Waals surface area (Å²) in [5, 5.41) is 2.78. The van der Waals surface area contributed by atoms with E-state index in [1.807, 2.05) is 0 Å². The molecule has 4 atom stereocenters. The lowest BCUT2D eigenvalue weighted by Gasteiger charge is -2.29. The van der Waals surface area contributed by atoms with Crippen molar-refractivity contribution >= 4 is 21.7 Å². The first kappa shape index (κ1) is 24.7. The molecule has 1 N–H and O–H groups in total. The molecule has 2 saturated carbocycles. The number of benzene rings is 1. The fourth-order valence-corrected chi connectivity index (χ4v) is 5.59. The summed E-state index contributed by atoms with van der Waals surface area (Å²) in [5.41, 5.74) is -1.24. The van der Waals surface area contributed by atoms with Gasteiger partial charge in [-0.25, -0.2) is 12.8 Å². The maximum Gasteiger partial charge on any atom is 0.416 e. The number of sulfone groups is 1. The molecule has 12 heteroatoms. The van der Waals surface area contributed by atoms with E-state index in [0.29, 0.717) is 31.7 Å². The van der Waals surface area contributed by atoms with E-state index in [9.17, 15) is 35.6 Å². The maximum absolute atomic E-state index is 14.7. The highest BCUT2D eigenvalue weighted by atomic mass is 32.2. The molecule has 2 aromatic rings. The van der Waals surface area contributed by atoms with Crippen LogP contribution in [-0.4, -0.2) is 48.5 Å². The molecule has 1 aliphatic heterocycles. The molecule has 1 aromatic carbocycles. The fourth-order valence-electron chi connectivity index (χ4n) is 4.96. The normalized spacial score (nSPS) is 24.2. The molecule has 0 radical (unpaired) electrons. The number of hydrogen-bond acceptors (Lipinski definition) is 5. The molecule has 0 bridgehead atoms. The van der Waals surface area contributed by atoms with Gasteiger partial charge in [0.15, 0.2) is 9.84 Å². The topological polar surface area (TPSA) is 96.4 Å². The molecule has 192 valence electrons. The third-order valence-electron chi connectivity index (χ3n) is 7.07. The number of halogens is 4. The molecule has 1 unspecified atom stereocenters. The van der Waals surface area contributed by atoms with E-state index < -0.39 is 51.3 Å². The van der Waals surface area contributed by atoms with Crippen molar-refractivity contribution in [2.24, 2.45) is 11.8 Å². The first-order chi connectivity index (χ1) is 16.8. The Hall–Kier alpha value is -3.02. The van der Waals surface area contributed by atoms with E-state index >= 15 is 0 Å². The van der Waals surface area contributed by atoms with Crippen LogP contribution in [0, 0.1) is 17.7 Å². The fraction of sp³-hybridized carbons (Fsp3) is 0.458. The minimum absolute atomic E-state index is 0.0256. The summed E-state index contributed by atoms with van der Waals surface area (Å²) < 4.78 is 77.4. The molecule has 36 heavy (non-hydrogen) atoms. The summed E-state index contributed by atoms with van der Waals surface area (Å²) in [6.07, 6.45) is 0.0135. The third-order valence-corrected chi connectivity index (χ3v) is 8.18. The predicted molar refractivity (Wildman–Crippen MR) is 119 cm³/mol. The second-order valence-corrected chi connectivity index (χ2v) is 11.7. The maximum atomic E-state index is 14.7. The van der Waals surface area contributed by atoms with Gasteiger partial charge in [-0.05, 0) is 61.8 Å². The second-order valence-electron chi connectivity index (χ2n) is 9.73. The number of piperidine rings is 1. The Kier molecular flexibility index (Phi) is 5.85. The minimum atomic E-state index is -4.69. The van der Waals surface area contributed by atoms with E-state index in [1.54, 1.807) is 0 Å². The summed E-state index contributed by atoms with van der Waals surface area (Å²) in [6, 6.07) is 2.85. The molecule has 2 aliphatic carbocycles. The first-order valence-corrected chi connectivity index (χ1v) is 13.4. The lowest BCUT2D eigenvalue weighted by atomic mass is 9.99. The molecular formula is C24H23F4N3O4S. The van der Waals surface area contributed by atoms with Gasteiger partial charge in [0, 0.05) is 24.1 Å². The number of aromatic nitrogens is 1. The van der Waals surface area contributed by atoms with E-state index in [2.05, 4.69) is 10.3 Å². The largest absolute Gasteiger partial charge is 0.416 e. The van der Waals surface area contributed by atoms with Crippen LogP contribution in [-0.2, 0) is 20.8 Å². The summed E-state index contributed by atoms with van der Waals surface area (Å²) in [4.78, 5) is 31.9. The number of nitrogens with one attached hydrogen (secondary N) is 1. The Morgan fingerprint density at radius 2 is 1.86 bits per heavy atom. The van der Waals surface area contributed by atoms with Crippen molar-refractivity contribution in [3.63, 3.8) is 0 Å². The van der Waals surface area contributed by atoms with Gasteiger partial charge in [0.05, 0.1) is 16.5 Å². The van der Waals surface area contributed by atoms with E-state index in [-0.39, 0.29) is 34.0 Å². The van der Waals surface area contributed by atoms with Crippen molar-refractivity contribution in [2.45, 2.75) is 54.9 Å². The third kappa shape index (κ3) is 4.70. The minimum Gasteiger partial charge on any atom is -0.347 e. The van der Waals surface area contributed by atoms with Crippen LogP contribution in [0.4, 0.5) is 17.6 Å². The lowest BCUT2D eigenvalue weighted by Crippen LogP contribution is -2.49. The number of fused-ring (bicyclic) bond motifs is 1. The Labute approximate surface area is 204 Å². The van der Waals surface area contributed by atoms with Crippen LogP contribution in [0.3, 0.4) is 0 Å². The molecule has 7 nitrogen and oxygen atoms in total. The summed E-state index contributed by atoms with van der Waals surface area (Å²) in [7, 11) is -3.58. The van der Waals surface area contributed by atoms with Gasteiger partial charge in [-0.1, -0.05) is 6.07 Å². The van der Waals surface area contributed by atoms with Crippen LogP contribution in [0.5, 0.6) is 0 Å². The molecule has 5 rings (SSSR count). The van der Waals surface area contributed by atoms with Crippen molar-refractivity contribution in [1.82, 2.24) is 15.2 Å². The Morgan fingerprint density at radius 3 is 2.47 bits per heavy atom. The highest BCUT2D eigenvalue weighted by Crippen LogP contribution is 2.49. The van der Waals surface area contributed by atoms with Crippen LogP contribution < -0.4 is 5.32 Å². The van der Waals surface area contributed by atoms with Crippen LogP contribution in [0.25, 0.3) is 0 Å². The molecule has 2 amide bonds. The first-order valence-electron chi connectivity index (χ1n) is 11.5. The number of rotatable bonds is 6. The highest BCUT2D eigenvalue weighted by Gasteiger charge is 2.56. The van der Waals surface area contributed by atoms with E-state index in [0.717, 1.165) is 18.4 Å². The predicted octanol–water partition coefficient (Wildman–Crippen LogP) is 3.51. The van der Waals surface area contributed by atoms with E-state index in [4.69, 9.17) is 0 Å². The van der Waals surface area contributed by atoms with Crippen molar-refractivity contribution in [1.29, 1.82) is 0 Å². The number of amides is 2. The monoisotopic (exact) mass is 525 g/mol. The van der Waals surface area contributed by atoms with Gasteiger partial charge in [-0.3, -0.25) is 14.6 Å². The Morgan fingerprint density at radius 1 is 1.14 bits per heavy atom. The quantitative estimate of drug-likeness (QED) is 0.583. The Balaban J connectivity index is 1.38. The number of carbonyl (C=O) groups is 2. The zero-order valence-corrected chi connectivity index (χ0v) is 19.9. The Bertz CT molecular complexity index is 1340. The lowest BCUT2D eigenvalue weighted by molar-refractivity contribution is -0.137. The number of hydrogen-bond donors (Lipinski definition) is 1. The number of pyridine rings is 1. The number of likely N-dealkylation sites (tertiary alicyclic amines) is 1. The zero-order valence-electron chi connectivity index (χ0n) is 19.1. The SMILES string of the molecule is CS(=O)(=O)c1ccnc(C(=O)N2[C@@H](C(=O)NC(c3ccc(C(F)(F)F)cc3F)C3CC3)C[C@H]3C[C@H]32)c1. The average Bonchev–Trinajstić information content (AvgIpc) is 3.74. The highest BCUT2D eigenvalue weighted by molar-refractivity contribution is 7.90. The molecule has 3 fully saturated rings. The van der Waals surface area contributed by atoms with Crippen LogP contribution in [0.15, 0.2) is 41.4 Å². The molecular weight excluding hydrogens is 502 g/mol. The summed E-state index contributed by atoms with van der Waals surface area (Å²) in [6.45, 7) is 0. The molecule has 1 saturated heterocycles. The van der Waals surface area contributed by atoms with Gasteiger partial charge >= 0.3 is 6.18 Å². The number of alkyl halides is 3. The molecule has 0 spiro atoms. The number of carbonyl (C=O) groups excluding carboxylic acids is 2. The van der Waals surface area contributed by atoms with Crippen molar-refractivity contribution < 1.29 is 35.6 Å². The smallest absolute Gasteiger partial charge is 0.347 e. The molecule has 1 aromatic heterocycles. The van der Waals surface area contributed by atoms with Crippen molar-refractivity contribution in [3.8, 4) is 0 Å². The van der Waals surface area contributed by atoms with Crippen molar-refractivity contribution in [2.75, 3.05) is 6.26 Å². The standard InChI is InChI=1S/C24H23F4N3O4S/c1-36(34,35)15-6-7-29-18(11-15)23(33)31-19-8-13(19)9-20(31)22(32)30-21(12-2-3-12)16-5-4-14(10-17(16)25)24(26,27)28/h4-7,10-13,19-21H,2-3,8-9H2,1H3,(H,30,32)/t13-,19-,20-,21?/m1/s1. The van der Waals surface area contributed by atoms with Crippen LogP contribution in [0.1, 0.15) is 53.3 Å². The van der Waals surface area contributed by atoms with Gasteiger partial charge in [-0.15, -0.1) is 0 Å². The van der Waals surface area contributed by atoms with Gasteiger partial charge in [-0.2, -0.15) is 13.2 Å². The van der Waals surface area contributed by atoms with Gasteiger partial charge in [0.25, 0.3) is 5.91 Å². The van der Waals surface area contributed by atoms with Crippen LogP contribution >= 0.6 is 0 Å². The number of nitrogens with zero attached hydrogens (tertiary/aromatic N) is 2. The van der Waals surface area contributed by atoms with Gasteiger partial charge in [0.1, 0.15) is 17.6 Å². The summed E-state index contributed by atoms with van der Waals surface area (Å²) >= 11 is 0. The van der Waals surface area contributed by atoms with Crippen molar-refractivity contribution in [3.05, 3.63) is 59.2 Å². The second kappa shape index (κ2) is 8.53. The van der Waals surface area contributed by atoms with Crippen LogP contribution in [0.2, 0.25) is 0 Å². The molecule has 2 heterocycles. The molecule has 3 aliphatic rings. The zero-order chi connectivity index (χ0) is 26.0. The van der Waals surface area contributed by atoms with Gasteiger partial charge < -0.3 is 10.2 Å². The summed E-state index contributed by atoms with van der Waals surface area (Å²) in [5.74, 6) is -2.15. The average molecular weight is 526 g/mol. The van der Waals surface area contributed by atoms with E-state index in [1.165, 1.54) is 23.2 Å². The van der Waals surface area contributed by atoms with Gasteiger partial charge in [0.2, 0.25) is 5.91 Å².